The van der Waals surface area contributed by atoms with Gasteiger partial charge in [-0.15, -0.1) is 0 Å². The summed E-state index contributed by atoms with van der Waals surface area (Å²) in [7, 11) is 2.00. The molecule has 0 radical (unpaired) electrons. The third-order valence-corrected chi connectivity index (χ3v) is 4.11. The van der Waals surface area contributed by atoms with E-state index in [1.165, 1.54) is 7.11 Å². The second-order valence-electron chi connectivity index (χ2n) is 5.19. The first-order valence-corrected chi connectivity index (χ1v) is 8.13. The van der Waals surface area contributed by atoms with E-state index in [0.717, 1.165) is 25.3 Å². The minimum Gasteiger partial charge on any atom is -0.497 e. The van der Waals surface area contributed by atoms with Crippen LogP contribution in [0.1, 0.15) is 5.69 Å². The monoisotopic (exact) mass is 440 g/mol. The second kappa shape index (κ2) is 8.72. The van der Waals surface area contributed by atoms with Crippen LogP contribution in [0.15, 0.2) is 24.0 Å². The summed E-state index contributed by atoms with van der Waals surface area (Å²) in [5.41, 5.74) is -1.45. The number of ether oxygens (including phenoxy) is 3. The van der Waals surface area contributed by atoms with Crippen molar-refractivity contribution in [2.45, 2.75) is 6.11 Å². The van der Waals surface area contributed by atoms with Gasteiger partial charge in [-0.1, -0.05) is 23.2 Å². The van der Waals surface area contributed by atoms with Crippen LogP contribution in [0.25, 0.3) is 11.3 Å². The minimum atomic E-state index is -3.76. The van der Waals surface area contributed by atoms with Crippen molar-refractivity contribution in [1.29, 1.82) is 0 Å². The Morgan fingerprint density at radius 2 is 2.04 bits per heavy atom. The van der Waals surface area contributed by atoms with E-state index in [1.54, 1.807) is 0 Å². The van der Waals surface area contributed by atoms with Crippen molar-refractivity contribution in [3.63, 3.8) is 0 Å². The lowest BCUT2D eigenvalue weighted by molar-refractivity contribution is -0.234. The molecule has 0 unspecified atom stereocenters. The van der Waals surface area contributed by atoms with E-state index >= 15 is 0 Å². The van der Waals surface area contributed by atoms with Crippen LogP contribution in [-0.4, -0.2) is 42.1 Å². The lowest BCUT2D eigenvalue weighted by atomic mass is 10.1. The number of carbonyl (C=O) groups is 1. The van der Waals surface area contributed by atoms with Crippen LogP contribution in [0.2, 0.25) is 10.0 Å². The van der Waals surface area contributed by atoms with Crippen molar-refractivity contribution in [2.24, 2.45) is 0 Å². The minimum absolute atomic E-state index is 0.0470. The van der Waals surface area contributed by atoms with Crippen LogP contribution in [-0.2, 0) is 20.4 Å². The number of aromatic nitrogens is 2. The number of rotatable bonds is 8. The summed E-state index contributed by atoms with van der Waals surface area (Å²) >= 11 is 11.8. The fraction of sp³-hybridized carbons (Fsp3) is 0.250. The number of hydrogen-bond donors (Lipinski definition) is 2. The number of carboxylic acids is 1. The van der Waals surface area contributed by atoms with Gasteiger partial charge >= 0.3 is 12.1 Å². The Kier molecular flexibility index (Phi) is 6.81. The maximum Gasteiger partial charge on any atom is 0.400 e. The number of benzene rings is 1. The first kappa shape index (κ1) is 21.9. The van der Waals surface area contributed by atoms with Crippen LogP contribution in [0.3, 0.4) is 0 Å². The average molecular weight is 441 g/mol. The largest absolute Gasteiger partial charge is 0.497 e. The summed E-state index contributed by atoms with van der Waals surface area (Å²) in [6.07, 6.45) is -3.00. The second-order valence-corrected chi connectivity index (χ2v) is 5.97. The summed E-state index contributed by atoms with van der Waals surface area (Å²) in [5.74, 6) is -2.29. The highest BCUT2D eigenvalue weighted by molar-refractivity contribution is 6.34. The molecule has 2 rings (SSSR count). The number of alkyl halides is 2. The molecule has 0 spiro atoms. The van der Waals surface area contributed by atoms with Gasteiger partial charge in [-0.3, -0.25) is 5.10 Å². The number of nitrogens with zero attached hydrogens (tertiary/aromatic N) is 1. The van der Waals surface area contributed by atoms with E-state index in [-0.39, 0.29) is 34.4 Å². The third-order valence-electron chi connectivity index (χ3n) is 3.45. The number of nitrogens with one attached hydrogen (secondary N) is 1. The number of carboxylic acid groups (broad SMARTS) is 1. The van der Waals surface area contributed by atoms with Gasteiger partial charge in [0.1, 0.15) is 29.6 Å². The molecule has 0 saturated heterocycles. The van der Waals surface area contributed by atoms with Crippen LogP contribution >= 0.6 is 23.2 Å². The quantitative estimate of drug-likeness (QED) is 0.471. The molecule has 7 nitrogen and oxygen atoms in total. The maximum atomic E-state index is 14.3. The number of aliphatic carboxylic acids is 1. The molecule has 1 aromatic heterocycles. The van der Waals surface area contributed by atoms with Gasteiger partial charge in [-0.05, 0) is 12.1 Å². The van der Waals surface area contributed by atoms with E-state index in [9.17, 15) is 18.0 Å². The maximum absolute atomic E-state index is 14.3. The van der Waals surface area contributed by atoms with Crippen LogP contribution in [0.4, 0.5) is 13.2 Å². The summed E-state index contributed by atoms with van der Waals surface area (Å²) in [4.78, 5) is 10.7. The molecule has 1 heterocycles. The smallest absolute Gasteiger partial charge is 0.400 e. The SMILES string of the molecule is CO/C(=C\C(=O)O)COc1cc(-c2n[nH]c(C(F)(F)OC)c2Cl)c(F)cc1Cl. The Labute approximate surface area is 166 Å². The van der Waals surface area contributed by atoms with Gasteiger partial charge in [0.2, 0.25) is 0 Å². The Hall–Kier alpha value is -2.43. The molecule has 28 heavy (non-hydrogen) atoms. The molecule has 12 heteroatoms. The van der Waals surface area contributed by atoms with Gasteiger partial charge in [-0.2, -0.15) is 13.9 Å². The number of H-pyrrole nitrogens is 1. The van der Waals surface area contributed by atoms with Crippen molar-refractivity contribution in [1.82, 2.24) is 10.2 Å². The highest BCUT2D eigenvalue weighted by Gasteiger charge is 2.38. The molecule has 2 aromatic rings. The highest BCUT2D eigenvalue weighted by Crippen LogP contribution is 2.40. The number of halogens is 5. The molecule has 1 aromatic carbocycles. The van der Waals surface area contributed by atoms with Crippen LogP contribution in [0.5, 0.6) is 5.75 Å². The summed E-state index contributed by atoms with van der Waals surface area (Å²) < 4.78 is 55.9. The van der Waals surface area contributed by atoms with Gasteiger partial charge in [0, 0.05) is 12.7 Å². The van der Waals surface area contributed by atoms with Crippen molar-refractivity contribution in [3.05, 3.63) is 45.5 Å². The Bertz CT molecular complexity index is 918. The fourth-order valence-electron chi connectivity index (χ4n) is 2.07. The predicted octanol–water partition coefficient (Wildman–Crippen LogP) is 4.21. The Morgan fingerprint density at radius 3 is 2.61 bits per heavy atom. The molecule has 0 aliphatic heterocycles. The molecule has 0 atom stereocenters. The molecule has 0 saturated carbocycles. The van der Waals surface area contributed by atoms with Crippen molar-refractivity contribution >= 4 is 29.2 Å². The first-order chi connectivity index (χ1) is 13.1. The van der Waals surface area contributed by atoms with Gasteiger partial charge < -0.3 is 19.3 Å². The van der Waals surface area contributed by atoms with E-state index in [1.807, 2.05) is 5.10 Å². The summed E-state index contributed by atoms with van der Waals surface area (Å²) in [6, 6.07) is 1.96. The lowest BCUT2D eigenvalue weighted by Crippen LogP contribution is -2.16. The molecule has 0 bridgehead atoms. The van der Waals surface area contributed by atoms with E-state index in [0.29, 0.717) is 0 Å². The van der Waals surface area contributed by atoms with E-state index in [2.05, 4.69) is 9.84 Å². The molecule has 0 fully saturated rings. The zero-order chi connectivity index (χ0) is 21.1. The zero-order valence-electron chi connectivity index (χ0n) is 14.4. The zero-order valence-corrected chi connectivity index (χ0v) is 15.9. The van der Waals surface area contributed by atoms with Crippen LogP contribution < -0.4 is 4.74 Å². The highest BCUT2D eigenvalue weighted by atomic mass is 35.5. The third kappa shape index (κ3) is 4.70. The Morgan fingerprint density at radius 1 is 1.36 bits per heavy atom. The van der Waals surface area contributed by atoms with E-state index in [4.69, 9.17) is 37.8 Å². The Balaban J connectivity index is 2.40. The summed E-state index contributed by atoms with van der Waals surface area (Å²) in [5, 5.41) is 13.7. The topological polar surface area (TPSA) is 93.7 Å². The predicted molar refractivity (Wildman–Crippen MR) is 93.1 cm³/mol. The molecular formula is C16H13Cl2F3N2O5. The molecule has 0 amide bonds. The number of methoxy groups -OCH3 is 2. The van der Waals surface area contributed by atoms with Gasteiger partial charge in [0.15, 0.2) is 5.69 Å². The molecule has 2 N–H and O–H groups in total. The fourth-order valence-corrected chi connectivity index (χ4v) is 2.57. The standard InChI is InChI=1S/C16H13Cl2F3N2O5/c1-26-7(3-12(24)25)6-28-11-4-8(10(19)5-9(11)17)14-13(18)15(23-22-14)16(20,21)27-2/h3-5H,6H2,1-2H3,(H,22,23)(H,24,25)/b7-3-. The molecule has 0 aliphatic rings. The van der Waals surface area contributed by atoms with Crippen molar-refractivity contribution < 1.29 is 37.3 Å². The molecule has 152 valence electrons. The average Bonchev–Trinajstić information content (AvgIpc) is 3.01. The van der Waals surface area contributed by atoms with Gasteiger partial charge in [0.05, 0.1) is 23.2 Å². The van der Waals surface area contributed by atoms with Crippen molar-refractivity contribution in [2.75, 3.05) is 20.8 Å². The van der Waals surface area contributed by atoms with Crippen molar-refractivity contribution in [3.8, 4) is 17.0 Å². The lowest BCUT2D eigenvalue weighted by Gasteiger charge is -2.13. The van der Waals surface area contributed by atoms with E-state index < -0.39 is 28.6 Å². The van der Waals surface area contributed by atoms with Crippen LogP contribution in [0, 0.1) is 5.82 Å². The van der Waals surface area contributed by atoms with Gasteiger partial charge in [-0.25, -0.2) is 9.18 Å². The number of hydrogen-bond acceptors (Lipinski definition) is 5. The normalized spacial score (nSPS) is 12.2. The summed E-state index contributed by atoms with van der Waals surface area (Å²) in [6.45, 7) is -0.338. The molecule has 0 aliphatic carbocycles. The first-order valence-electron chi connectivity index (χ1n) is 7.37. The molecular weight excluding hydrogens is 428 g/mol. The van der Waals surface area contributed by atoms with Gasteiger partial charge in [0.25, 0.3) is 0 Å². The number of aromatic amines is 1.